The van der Waals surface area contributed by atoms with Gasteiger partial charge in [-0.05, 0) is 11.6 Å². The second-order valence-corrected chi connectivity index (χ2v) is 6.35. The van der Waals surface area contributed by atoms with Crippen LogP contribution in [0.4, 0.5) is 0 Å². The van der Waals surface area contributed by atoms with Crippen molar-refractivity contribution in [2.45, 2.75) is 17.6 Å². The number of benzene rings is 2. The maximum atomic E-state index is 12.8. The minimum atomic E-state index is -2.27. The molecule has 1 amide bonds. The Morgan fingerprint density at radius 2 is 1.57 bits per heavy atom. The Morgan fingerprint density at radius 3 is 2.21 bits per heavy atom. The van der Waals surface area contributed by atoms with Crippen LogP contribution in [0.5, 0.6) is 0 Å². The van der Waals surface area contributed by atoms with E-state index in [-0.39, 0.29) is 0 Å². The molecule has 0 radical (unpaired) electrons. The summed E-state index contributed by atoms with van der Waals surface area (Å²) in [6.45, 7) is 0. The molecular formula is C20H17NO7. The van der Waals surface area contributed by atoms with Crippen LogP contribution in [-0.2, 0) is 34.4 Å². The lowest BCUT2D eigenvalue weighted by molar-refractivity contribution is -0.222. The lowest BCUT2D eigenvalue weighted by Gasteiger charge is -2.27. The second-order valence-electron chi connectivity index (χ2n) is 6.35. The zero-order valence-electron chi connectivity index (χ0n) is 15.1. The van der Waals surface area contributed by atoms with Gasteiger partial charge in [0.15, 0.2) is 0 Å². The van der Waals surface area contributed by atoms with Crippen LogP contribution in [0.2, 0.25) is 0 Å². The van der Waals surface area contributed by atoms with E-state index in [0.29, 0.717) is 16.7 Å². The highest BCUT2D eigenvalue weighted by atomic mass is 16.8. The summed E-state index contributed by atoms with van der Waals surface area (Å²) in [7, 11) is 2.26. The van der Waals surface area contributed by atoms with Crippen molar-refractivity contribution >= 4 is 17.8 Å². The third kappa shape index (κ3) is 2.35. The van der Waals surface area contributed by atoms with Crippen LogP contribution in [-0.4, -0.2) is 37.7 Å². The van der Waals surface area contributed by atoms with Crippen LogP contribution in [0.3, 0.4) is 0 Å². The van der Waals surface area contributed by atoms with Gasteiger partial charge in [-0.1, -0.05) is 48.5 Å². The number of methoxy groups -OCH3 is 2. The van der Waals surface area contributed by atoms with Gasteiger partial charge >= 0.3 is 11.9 Å². The topological polar surface area (TPSA) is 100 Å². The van der Waals surface area contributed by atoms with E-state index in [1.807, 2.05) is 0 Å². The van der Waals surface area contributed by atoms with Crippen LogP contribution in [0.1, 0.15) is 27.6 Å². The molecule has 0 aromatic heterocycles. The van der Waals surface area contributed by atoms with Crippen LogP contribution in [0.15, 0.2) is 54.6 Å². The standard InChI is InChI=1S/C20H17NO7/c1-25-17(23)19(18(24)26-2)15(12-8-4-3-5-9-12)27-20(28-19)14-11-7-6-10-13(14)16(22)21-20/h3-11,15H,1-2H3,(H,21,22)/t15-,20+/m1/s1. The van der Waals surface area contributed by atoms with Gasteiger partial charge in [0.25, 0.3) is 17.4 Å². The number of carbonyl (C=O) groups is 3. The molecule has 1 spiro atoms. The van der Waals surface area contributed by atoms with E-state index in [4.69, 9.17) is 18.9 Å². The van der Waals surface area contributed by atoms with E-state index in [1.54, 1.807) is 54.6 Å². The zero-order valence-corrected chi connectivity index (χ0v) is 15.1. The van der Waals surface area contributed by atoms with E-state index in [1.165, 1.54) is 0 Å². The number of nitrogens with one attached hydrogen (secondary N) is 1. The molecule has 0 bridgehead atoms. The van der Waals surface area contributed by atoms with E-state index < -0.39 is 35.5 Å². The van der Waals surface area contributed by atoms with Crippen molar-refractivity contribution in [1.29, 1.82) is 0 Å². The number of hydrogen-bond acceptors (Lipinski definition) is 7. The van der Waals surface area contributed by atoms with Crippen molar-refractivity contribution in [2.75, 3.05) is 14.2 Å². The number of esters is 2. The van der Waals surface area contributed by atoms with Crippen molar-refractivity contribution in [1.82, 2.24) is 5.32 Å². The molecule has 2 atom stereocenters. The number of fused-ring (bicyclic) bond motifs is 2. The maximum absolute atomic E-state index is 12.8. The summed E-state index contributed by atoms with van der Waals surface area (Å²) in [5.74, 6) is -4.28. The van der Waals surface area contributed by atoms with E-state index in [2.05, 4.69) is 5.32 Å². The molecule has 2 heterocycles. The molecule has 2 aliphatic heterocycles. The fraction of sp³-hybridized carbons (Fsp3) is 0.250. The van der Waals surface area contributed by atoms with E-state index in [9.17, 15) is 14.4 Å². The van der Waals surface area contributed by atoms with Crippen LogP contribution < -0.4 is 5.32 Å². The molecule has 2 aromatic rings. The molecule has 28 heavy (non-hydrogen) atoms. The van der Waals surface area contributed by atoms with Gasteiger partial charge in [0.05, 0.1) is 19.8 Å². The van der Waals surface area contributed by atoms with Gasteiger partial charge in [-0.3, -0.25) is 14.8 Å². The monoisotopic (exact) mass is 383 g/mol. The molecule has 1 N–H and O–H groups in total. The van der Waals surface area contributed by atoms with Crippen molar-refractivity contribution < 1.29 is 33.3 Å². The Balaban J connectivity index is 1.93. The first-order valence-corrected chi connectivity index (χ1v) is 8.50. The van der Waals surface area contributed by atoms with Crippen molar-refractivity contribution in [3.05, 3.63) is 71.3 Å². The third-order valence-corrected chi connectivity index (χ3v) is 4.84. The van der Waals surface area contributed by atoms with Crippen LogP contribution >= 0.6 is 0 Å². The minimum absolute atomic E-state index is 0.319. The quantitative estimate of drug-likeness (QED) is 0.632. The number of carbonyl (C=O) groups excluding carboxylic acids is 3. The summed E-state index contributed by atoms with van der Waals surface area (Å²) in [6, 6.07) is 15.2. The molecule has 2 aromatic carbocycles. The highest BCUT2D eigenvalue weighted by Gasteiger charge is 2.71. The Hall–Kier alpha value is -3.23. The smallest absolute Gasteiger partial charge is 0.353 e. The minimum Gasteiger partial charge on any atom is -0.466 e. The Morgan fingerprint density at radius 1 is 0.964 bits per heavy atom. The first kappa shape index (κ1) is 18.1. The molecule has 8 nitrogen and oxygen atoms in total. The lowest BCUT2D eigenvalue weighted by Crippen LogP contribution is -2.54. The highest BCUT2D eigenvalue weighted by Crippen LogP contribution is 2.52. The summed E-state index contributed by atoms with van der Waals surface area (Å²) in [5.41, 5.74) is -1.11. The number of rotatable bonds is 3. The first-order chi connectivity index (χ1) is 13.5. The van der Waals surface area contributed by atoms with Crippen LogP contribution in [0.25, 0.3) is 0 Å². The molecular weight excluding hydrogens is 366 g/mol. The highest BCUT2D eigenvalue weighted by molar-refractivity contribution is 6.06. The Kier molecular flexibility index (Phi) is 4.17. The summed E-state index contributed by atoms with van der Waals surface area (Å²) in [6.07, 6.45) is -1.22. The van der Waals surface area contributed by atoms with E-state index in [0.717, 1.165) is 14.2 Å². The molecule has 4 rings (SSSR count). The van der Waals surface area contributed by atoms with E-state index >= 15 is 0 Å². The molecule has 0 unspecified atom stereocenters. The normalized spacial score (nSPS) is 24.5. The van der Waals surface area contributed by atoms with Gasteiger partial charge in [-0.25, -0.2) is 9.59 Å². The molecule has 2 aliphatic rings. The number of amides is 1. The van der Waals surface area contributed by atoms with Gasteiger partial charge in [0.1, 0.15) is 6.10 Å². The summed E-state index contributed by atoms with van der Waals surface area (Å²) in [5, 5.41) is 2.61. The summed E-state index contributed by atoms with van der Waals surface area (Å²) >= 11 is 0. The van der Waals surface area contributed by atoms with Gasteiger partial charge in [0, 0.05) is 5.56 Å². The van der Waals surface area contributed by atoms with Gasteiger partial charge in [-0.15, -0.1) is 0 Å². The average molecular weight is 383 g/mol. The molecule has 1 saturated heterocycles. The Bertz CT molecular complexity index is 942. The van der Waals surface area contributed by atoms with Crippen molar-refractivity contribution in [2.24, 2.45) is 0 Å². The predicted molar refractivity (Wildman–Crippen MR) is 93.7 cm³/mol. The van der Waals surface area contributed by atoms with Gasteiger partial charge in [0.2, 0.25) is 0 Å². The fourth-order valence-corrected chi connectivity index (χ4v) is 3.59. The van der Waals surface area contributed by atoms with Crippen molar-refractivity contribution in [3.8, 4) is 0 Å². The van der Waals surface area contributed by atoms with Gasteiger partial charge in [-0.2, -0.15) is 0 Å². The molecule has 144 valence electrons. The summed E-state index contributed by atoms with van der Waals surface area (Å²) < 4.78 is 21.8. The van der Waals surface area contributed by atoms with Gasteiger partial charge < -0.3 is 14.2 Å². The fourth-order valence-electron chi connectivity index (χ4n) is 3.59. The Labute approximate surface area is 160 Å². The number of hydrogen-bond donors (Lipinski definition) is 1. The average Bonchev–Trinajstić information content (AvgIpc) is 3.23. The SMILES string of the molecule is COC(=O)C1(C(=O)OC)O[C@@]2(NC(=O)c3ccccc32)O[C@@H]1c1ccccc1. The molecule has 0 aliphatic carbocycles. The third-order valence-electron chi connectivity index (χ3n) is 4.84. The zero-order chi connectivity index (χ0) is 19.9. The first-order valence-electron chi connectivity index (χ1n) is 8.50. The van der Waals surface area contributed by atoms with Crippen LogP contribution in [0, 0.1) is 0 Å². The second kappa shape index (κ2) is 6.43. The lowest BCUT2D eigenvalue weighted by atomic mass is 9.91. The summed E-state index contributed by atoms with van der Waals surface area (Å²) in [4.78, 5) is 38.1. The number of ether oxygens (including phenoxy) is 4. The predicted octanol–water partition coefficient (Wildman–Crippen LogP) is 1.41. The maximum Gasteiger partial charge on any atom is 0.353 e. The molecule has 8 heteroatoms. The van der Waals surface area contributed by atoms with Crippen molar-refractivity contribution in [3.63, 3.8) is 0 Å². The molecule has 1 fully saturated rings. The molecule has 0 saturated carbocycles. The largest absolute Gasteiger partial charge is 0.466 e.